The fourth-order valence-electron chi connectivity index (χ4n) is 1.68. The molecule has 6 nitrogen and oxygen atoms in total. The molecule has 0 saturated carbocycles. The minimum absolute atomic E-state index is 0.0202. The number of aromatic nitrogens is 3. The van der Waals surface area contributed by atoms with E-state index in [4.69, 9.17) is 0 Å². The molecule has 2 aromatic rings. The number of aromatic amines is 1. The van der Waals surface area contributed by atoms with Gasteiger partial charge in [0, 0.05) is 7.05 Å². The average Bonchev–Trinajstić information content (AvgIpc) is 2.77. The number of phenolic OH excluding ortho intramolecular Hbond substituents is 1. The molecule has 19 heavy (non-hydrogen) atoms. The van der Waals surface area contributed by atoms with Gasteiger partial charge in [0.05, 0.1) is 13.0 Å². The van der Waals surface area contributed by atoms with Gasteiger partial charge < -0.3 is 10.0 Å². The van der Waals surface area contributed by atoms with E-state index in [1.807, 2.05) is 6.92 Å². The molecule has 6 heteroatoms. The fraction of sp³-hybridized carbons (Fsp3) is 0.308. The highest BCUT2D eigenvalue weighted by Crippen LogP contribution is 2.11. The first-order valence-corrected chi connectivity index (χ1v) is 5.94. The average molecular weight is 260 g/mol. The highest BCUT2D eigenvalue weighted by atomic mass is 16.3. The van der Waals surface area contributed by atoms with Crippen molar-refractivity contribution in [2.75, 3.05) is 7.05 Å². The lowest BCUT2D eigenvalue weighted by atomic mass is 10.1. The summed E-state index contributed by atoms with van der Waals surface area (Å²) in [5, 5.41) is 15.9. The molecular formula is C13H16N4O2. The summed E-state index contributed by atoms with van der Waals surface area (Å²) >= 11 is 0. The van der Waals surface area contributed by atoms with Gasteiger partial charge in [-0.3, -0.25) is 9.89 Å². The lowest BCUT2D eigenvalue weighted by molar-refractivity contribution is -0.129. The third kappa shape index (κ3) is 3.54. The smallest absolute Gasteiger partial charge is 0.227 e. The minimum Gasteiger partial charge on any atom is -0.508 e. The Labute approximate surface area is 111 Å². The van der Waals surface area contributed by atoms with Crippen molar-refractivity contribution in [2.45, 2.75) is 19.9 Å². The number of carbonyl (C=O) groups is 1. The molecule has 0 aliphatic heterocycles. The zero-order valence-electron chi connectivity index (χ0n) is 10.9. The molecule has 1 heterocycles. The van der Waals surface area contributed by atoms with Gasteiger partial charge >= 0.3 is 0 Å². The molecule has 1 aromatic carbocycles. The normalized spacial score (nSPS) is 10.4. The molecule has 0 radical (unpaired) electrons. The molecule has 2 rings (SSSR count). The number of hydrogen-bond acceptors (Lipinski definition) is 4. The van der Waals surface area contributed by atoms with Gasteiger partial charge in [-0.25, -0.2) is 4.98 Å². The summed E-state index contributed by atoms with van der Waals surface area (Å²) in [5.41, 5.74) is 0.862. The molecule has 0 aliphatic rings. The van der Waals surface area contributed by atoms with Crippen LogP contribution in [-0.4, -0.2) is 38.1 Å². The number of nitrogens with one attached hydrogen (secondary N) is 1. The molecule has 0 atom stereocenters. The summed E-state index contributed by atoms with van der Waals surface area (Å²) in [7, 11) is 1.72. The topological polar surface area (TPSA) is 82.1 Å². The number of benzene rings is 1. The largest absolute Gasteiger partial charge is 0.508 e. The molecule has 0 aliphatic carbocycles. The molecule has 1 aromatic heterocycles. The number of amides is 1. The van der Waals surface area contributed by atoms with Gasteiger partial charge in [0.15, 0.2) is 5.82 Å². The Balaban J connectivity index is 1.94. The Morgan fingerprint density at radius 3 is 2.63 bits per heavy atom. The van der Waals surface area contributed by atoms with Crippen LogP contribution in [0.5, 0.6) is 5.75 Å². The van der Waals surface area contributed by atoms with Crippen molar-refractivity contribution in [3.63, 3.8) is 0 Å². The van der Waals surface area contributed by atoms with Crippen molar-refractivity contribution < 1.29 is 9.90 Å². The summed E-state index contributed by atoms with van der Waals surface area (Å²) in [6.45, 7) is 2.19. The van der Waals surface area contributed by atoms with E-state index >= 15 is 0 Å². The van der Waals surface area contributed by atoms with E-state index in [0.29, 0.717) is 18.8 Å². The zero-order valence-corrected chi connectivity index (χ0v) is 10.9. The van der Waals surface area contributed by atoms with Gasteiger partial charge in [0.2, 0.25) is 5.91 Å². The summed E-state index contributed by atoms with van der Waals surface area (Å²) in [5.74, 6) is 1.50. The van der Waals surface area contributed by atoms with E-state index in [-0.39, 0.29) is 11.7 Å². The fourth-order valence-corrected chi connectivity index (χ4v) is 1.68. The second kappa shape index (κ2) is 5.51. The summed E-state index contributed by atoms with van der Waals surface area (Å²) in [6.07, 6.45) is 0.292. The number of aromatic hydroxyl groups is 1. The number of rotatable bonds is 4. The van der Waals surface area contributed by atoms with E-state index in [1.54, 1.807) is 36.2 Å². The number of aryl methyl sites for hydroxylation is 1. The summed E-state index contributed by atoms with van der Waals surface area (Å²) in [4.78, 5) is 17.7. The number of likely N-dealkylation sites (N-methyl/N-ethyl adjacent to an activating group) is 1. The number of H-pyrrole nitrogens is 1. The van der Waals surface area contributed by atoms with Crippen LogP contribution >= 0.6 is 0 Å². The Morgan fingerprint density at radius 1 is 1.37 bits per heavy atom. The predicted molar refractivity (Wildman–Crippen MR) is 69.4 cm³/mol. The Hall–Kier alpha value is -2.37. The molecule has 0 saturated heterocycles. The first-order chi connectivity index (χ1) is 9.04. The van der Waals surface area contributed by atoms with Crippen LogP contribution in [0, 0.1) is 6.92 Å². The third-order valence-corrected chi connectivity index (χ3v) is 2.74. The van der Waals surface area contributed by atoms with E-state index in [9.17, 15) is 9.90 Å². The maximum Gasteiger partial charge on any atom is 0.227 e. The lowest BCUT2D eigenvalue weighted by Crippen LogP contribution is -2.28. The number of hydrogen-bond donors (Lipinski definition) is 2. The van der Waals surface area contributed by atoms with Gasteiger partial charge in [-0.15, -0.1) is 0 Å². The Bertz CT molecular complexity index is 562. The quantitative estimate of drug-likeness (QED) is 0.859. The molecule has 0 spiro atoms. The van der Waals surface area contributed by atoms with Crippen LogP contribution in [0.3, 0.4) is 0 Å². The van der Waals surface area contributed by atoms with Crippen molar-refractivity contribution in [1.82, 2.24) is 20.1 Å². The Kier molecular flexibility index (Phi) is 3.79. The molecule has 2 N–H and O–H groups in total. The number of carbonyl (C=O) groups excluding carboxylic acids is 1. The molecule has 100 valence electrons. The van der Waals surface area contributed by atoms with Crippen molar-refractivity contribution in [3.8, 4) is 5.75 Å². The number of nitrogens with zero attached hydrogens (tertiary/aromatic N) is 3. The molecule has 0 fully saturated rings. The van der Waals surface area contributed by atoms with Crippen LogP contribution in [0.15, 0.2) is 24.3 Å². The van der Waals surface area contributed by atoms with Crippen LogP contribution in [0.1, 0.15) is 17.2 Å². The number of phenols is 1. The molecular weight excluding hydrogens is 244 g/mol. The van der Waals surface area contributed by atoms with Gasteiger partial charge in [0.1, 0.15) is 11.6 Å². The predicted octanol–water partition coefficient (Wildman–Crippen LogP) is 1.02. The first-order valence-electron chi connectivity index (χ1n) is 5.94. The zero-order chi connectivity index (χ0) is 13.8. The standard InChI is InChI=1S/C13H16N4O2/c1-9-14-12(16-15-9)8-17(2)13(19)7-10-3-5-11(18)6-4-10/h3-6,18H,7-8H2,1-2H3,(H,14,15,16). The van der Waals surface area contributed by atoms with E-state index < -0.39 is 0 Å². The van der Waals surface area contributed by atoms with Crippen LogP contribution in [0.25, 0.3) is 0 Å². The van der Waals surface area contributed by atoms with Crippen LogP contribution in [0.2, 0.25) is 0 Å². The second-order valence-corrected chi connectivity index (χ2v) is 4.43. The molecule has 0 bridgehead atoms. The monoisotopic (exact) mass is 260 g/mol. The summed E-state index contributed by atoms with van der Waals surface area (Å²) < 4.78 is 0. The van der Waals surface area contributed by atoms with Crippen LogP contribution < -0.4 is 0 Å². The van der Waals surface area contributed by atoms with Gasteiger partial charge in [-0.2, -0.15) is 5.10 Å². The van der Waals surface area contributed by atoms with E-state index in [0.717, 1.165) is 11.4 Å². The maximum atomic E-state index is 12.0. The van der Waals surface area contributed by atoms with Crippen molar-refractivity contribution in [2.24, 2.45) is 0 Å². The SMILES string of the molecule is Cc1nc(CN(C)C(=O)Cc2ccc(O)cc2)n[nH]1. The highest BCUT2D eigenvalue weighted by molar-refractivity contribution is 5.78. The van der Waals surface area contributed by atoms with Crippen molar-refractivity contribution in [3.05, 3.63) is 41.5 Å². The van der Waals surface area contributed by atoms with Crippen LogP contribution in [0.4, 0.5) is 0 Å². The van der Waals surface area contributed by atoms with Crippen molar-refractivity contribution in [1.29, 1.82) is 0 Å². The minimum atomic E-state index is -0.0202. The lowest BCUT2D eigenvalue weighted by Gasteiger charge is -2.15. The molecule has 0 unspecified atom stereocenters. The van der Waals surface area contributed by atoms with Gasteiger partial charge in [0.25, 0.3) is 0 Å². The van der Waals surface area contributed by atoms with Gasteiger partial charge in [-0.05, 0) is 24.6 Å². The Morgan fingerprint density at radius 2 is 2.05 bits per heavy atom. The summed E-state index contributed by atoms with van der Waals surface area (Å²) in [6, 6.07) is 6.61. The van der Waals surface area contributed by atoms with Gasteiger partial charge in [-0.1, -0.05) is 12.1 Å². The first kappa shape index (κ1) is 13.1. The maximum absolute atomic E-state index is 12.0. The van der Waals surface area contributed by atoms with Crippen LogP contribution in [-0.2, 0) is 17.8 Å². The highest BCUT2D eigenvalue weighted by Gasteiger charge is 2.12. The van der Waals surface area contributed by atoms with E-state index in [2.05, 4.69) is 15.2 Å². The molecule has 1 amide bonds. The third-order valence-electron chi connectivity index (χ3n) is 2.74. The second-order valence-electron chi connectivity index (χ2n) is 4.43. The van der Waals surface area contributed by atoms with E-state index in [1.165, 1.54) is 0 Å². The van der Waals surface area contributed by atoms with Crippen molar-refractivity contribution >= 4 is 5.91 Å².